The molecule has 0 saturated carbocycles. The van der Waals surface area contributed by atoms with Crippen LogP contribution in [0.3, 0.4) is 0 Å². The van der Waals surface area contributed by atoms with Crippen LogP contribution in [0.25, 0.3) is 5.70 Å². The van der Waals surface area contributed by atoms with E-state index >= 15 is 0 Å². The zero-order valence-corrected chi connectivity index (χ0v) is 13.2. The zero-order chi connectivity index (χ0) is 15.5. The molecule has 110 valence electrons. The van der Waals surface area contributed by atoms with Crippen LogP contribution < -0.4 is 10.3 Å². The first kappa shape index (κ1) is 15.7. The van der Waals surface area contributed by atoms with Crippen LogP contribution in [-0.2, 0) is 10.0 Å². The summed E-state index contributed by atoms with van der Waals surface area (Å²) in [5, 5.41) is 0. The molecule has 0 amide bonds. The van der Waals surface area contributed by atoms with Crippen molar-refractivity contribution in [2.45, 2.75) is 4.90 Å². The predicted molar refractivity (Wildman–Crippen MR) is 83.0 cm³/mol. The lowest BCUT2D eigenvalue weighted by Gasteiger charge is -2.12. The molecule has 0 aliphatic rings. The molecule has 0 radical (unpaired) electrons. The number of benzene rings is 2. The first-order valence-corrected chi connectivity index (χ1v) is 8.15. The first-order valence-electron chi connectivity index (χ1n) is 5.87. The van der Waals surface area contributed by atoms with Crippen LogP contribution in [0.1, 0.15) is 5.56 Å². The number of sulfonamides is 1. The molecule has 0 atom stereocenters. The van der Waals surface area contributed by atoms with Gasteiger partial charge in [0, 0.05) is 10.0 Å². The molecule has 2 aromatic rings. The van der Waals surface area contributed by atoms with Gasteiger partial charge >= 0.3 is 0 Å². The largest absolute Gasteiger partial charge is 0.308 e. The molecular weight excluding hydrogens is 359 g/mol. The van der Waals surface area contributed by atoms with Gasteiger partial charge in [0.15, 0.2) is 0 Å². The van der Waals surface area contributed by atoms with E-state index in [0.717, 1.165) is 4.47 Å². The summed E-state index contributed by atoms with van der Waals surface area (Å²) in [4.78, 5) is 2.24. The highest BCUT2D eigenvalue weighted by atomic mass is 79.9. The topological polar surface area (TPSA) is 58.2 Å². The van der Waals surface area contributed by atoms with Crippen LogP contribution in [0.2, 0.25) is 0 Å². The van der Waals surface area contributed by atoms with Crippen molar-refractivity contribution in [1.82, 2.24) is 10.3 Å². The van der Waals surface area contributed by atoms with E-state index in [1.807, 2.05) is 0 Å². The standard InChI is InChI=1S/C14H12BrFN2O2S/c1-10(13-4-2-3-5-14(13)16)17-18-21(19,20)12-8-6-11(15)7-9-12/h2-9,17-18H,1H2. The van der Waals surface area contributed by atoms with Crippen LogP contribution >= 0.6 is 15.9 Å². The summed E-state index contributed by atoms with van der Waals surface area (Å²) in [6.07, 6.45) is 0. The maximum atomic E-state index is 13.5. The molecule has 0 saturated heterocycles. The third kappa shape index (κ3) is 3.90. The Morgan fingerprint density at radius 3 is 2.33 bits per heavy atom. The van der Waals surface area contributed by atoms with E-state index in [9.17, 15) is 12.8 Å². The highest BCUT2D eigenvalue weighted by Gasteiger charge is 2.14. The van der Waals surface area contributed by atoms with Crippen molar-refractivity contribution in [3.05, 3.63) is 71.0 Å². The van der Waals surface area contributed by atoms with Gasteiger partial charge in [-0.2, -0.15) is 0 Å². The Bertz CT molecular complexity index is 761. The van der Waals surface area contributed by atoms with Gasteiger partial charge in [0.25, 0.3) is 10.0 Å². The van der Waals surface area contributed by atoms with Crippen LogP contribution in [0, 0.1) is 5.82 Å². The second kappa shape index (κ2) is 6.38. The first-order chi connectivity index (χ1) is 9.90. The summed E-state index contributed by atoms with van der Waals surface area (Å²) < 4.78 is 38.4. The van der Waals surface area contributed by atoms with Crippen molar-refractivity contribution in [1.29, 1.82) is 0 Å². The number of rotatable bonds is 5. The van der Waals surface area contributed by atoms with Crippen molar-refractivity contribution < 1.29 is 12.8 Å². The van der Waals surface area contributed by atoms with E-state index < -0.39 is 15.8 Å². The molecule has 0 spiro atoms. The van der Waals surface area contributed by atoms with Gasteiger partial charge in [-0.05, 0) is 36.4 Å². The quantitative estimate of drug-likeness (QED) is 0.795. The van der Waals surface area contributed by atoms with Gasteiger partial charge < -0.3 is 5.43 Å². The van der Waals surface area contributed by atoms with Crippen molar-refractivity contribution in [3.63, 3.8) is 0 Å². The summed E-state index contributed by atoms with van der Waals surface area (Å²) in [5.74, 6) is -0.488. The molecule has 21 heavy (non-hydrogen) atoms. The van der Waals surface area contributed by atoms with Gasteiger partial charge in [-0.25, -0.2) is 12.8 Å². The summed E-state index contributed by atoms with van der Waals surface area (Å²) >= 11 is 3.23. The zero-order valence-electron chi connectivity index (χ0n) is 10.8. The van der Waals surface area contributed by atoms with Gasteiger partial charge in [-0.3, -0.25) is 0 Å². The smallest absolute Gasteiger partial charge is 0.257 e. The number of halogens is 2. The monoisotopic (exact) mass is 370 g/mol. The maximum absolute atomic E-state index is 13.5. The molecule has 0 fully saturated rings. The maximum Gasteiger partial charge on any atom is 0.257 e. The Morgan fingerprint density at radius 2 is 1.71 bits per heavy atom. The van der Waals surface area contributed by atoms with Crippen LogP contribution in [0.5, 0.6) is 0 Å². The van der Waals surface area contributed by atoms with Crippen molar-refractivity contribution in [3.8, 4) is 0 Å². The molecule has 7 heteroatoms. The average Bonchev–Trinajstić information content (AvgIpc) is 2.46. The lowest BCUT2D eigenvalue weighted by Crippen LogP contribution is -2.36. The third-order valence-corrected chi connectivity index (χ3v) is 4.45. The molecule has 0 aromatic heterocycles. The van der Waals surface area contributed by atoms with E-state index in [0.29, 0.717) is 0 Å². The van der Waals surface area contributed by atoms with Gasteiger partial charge in [-0.1, -0.05) is 34.6 Å². The molecule has 0 unspecified atom stereocenters. The molecule has 2 N–H and O–H groups in total. The normalized spacial score (nSPS) is 11.1. The van der Waals surface area contributed by atoms with Crippen LogP contribution in [-0.4, -0.2) is 8.42 Å². The van der Waals surface area contributed by atoms with Gasteiger partial charge in [-0.15, -0.1) is 4.83 Å². The van der Waals surface area contributed by atoms with E-state index in [1.54, 1.807) is 18.2 Å². The Labute approximate surface area is 130 Å². The molecule has 2 aromatic carbocycles. The van der Waals surface area contributed by atoms with E-state index in [1.165, 1.54) is 30.3 Å². The van der Waals surface area contributed by atoms with E-state index in [4.69, 9.17) is 0 Å². The fourth-order valence-corrected chi connectivity index (χ4v) is 2.71. The fraction of sp³-hybridized carbons (Fsp3) is 0. The van der Waals surface area contributed by atoms with Crippen molar-refractivity contribution in [2.75, 3.05) is 0 Å². The lowest BCUT2D eigenvalue weighted by molar-refractivity contribution is 0.574. The minimum atomic E-state index is -3.76. The highest BCUT2D eigenvalue weighted by molar-refractivity contribution is 9.10. The van der Waals surface area contributed by atoms with Crippen molar-refractivity contribution >= 4 is 31.7 Å². The van der Waals surface area contributed by atoms with Crippen LogP contribution in [0.15, 0.2) is 64.5 Å². The average molecular weight is 371 g/mol. The number of hydrogen-bond donors (Lipinski definition) is 2. The second-order valence-electron chi connectivity index (χ2n) is 4.14. The summed E-state index contributed by atoms with van der Waals surface area (Å²) in [6.45, 7) is 3.61. The van der Waals surface area contributed by atoms with Gasteiger partial charge in [0.1, 0.15) is 5.82 Å². The SMILES string of the molecule is C=C(NNS(=O)(=O)c1ccc(Br)cc1)c1ccccc1F. The molecule has 0 aliphatic carbocycles. The summed E-state index contributed by atoms with van der Waals surface area (Å²) in [5.41, 5.74) is 2.72. The van der Waals surface area contributed by atoms with Gasteiger partial charge in [0.05, 0.1) is 10.6 Å². The van der Waals surface area contributed by atoms with E-state index in [2.05, 4.69) is 32.8 Å². The Hall–Kier alpha value is -1.70. The second-order valence-corrected chi connectivity index (χ2v) is 6.74. The molecular formula is C14H12BrFN2O2S. The number of nitrogens with one attached hydrogen (secondary N) is 2. The molecule has 0 bridgehead atoms. The molecule has 0 aliphatic heterocycles. The Kier molecular flexibility index (Phi) is 4.76. The molecule has 4 nitrogen and oxygen atoms in total. The van der Waals surface area contributed by atoms with Crippen molar-refractivity contribution in [2.24, 2.45) is 0 Å². The lowest BCUT2D eigenvalue weighted by atomic mass is 10.2. The summed E-state index contributed by atoms with van der Waals surface area (Å²) in [7, 11) is -3.76. The number of hydrogen-bond acceptors (Lipinski definition) is 3. The van der Waals surface area contributed by atoms with Gasteiger partial charge in [0.2, 0.25) is 0 Å². The third-order valence-electron chi connectivity index (χ3n) is 2.66. The van der Waals surface area contributed by atoms with E-state index in [-0.39, 0.29) is 16.2 Å². The molecule has 0 heterocycles. The predicted octanol–water partition coefficient (Wildman–Crippen LogP) is 3.04. The summed E-state index contributed by atoms with van der Waals surface area (Å²) in [6, 6.07) is 12.1. The fourth-order valence-electron chi connectivity index (χ4n) is 1.57. The highest BCUT2D eigenvalue weighted by Crippen LogP contribution is 2.16. The number of hydrazine groups is 1. The van der Waals surface area contributed by atoms with Crippen LogP contribution in [0.4, 0.5) is 4.39 Å². The minimum Gasteiger partial charge on any atom is -0.308 e. The minimum absolute atomic E-state index is 0.0829. The Morgan fingerprint density at radius 1 is 1.10 bits per heavy atom. The molecule has 2 rings (SSSR count). The Balaban J connectivity index is 2.10.